The van der Waals surface area contributed by atoms with Gasteiger partial charge in [0.05, 0.1) is 0 Å². The molecule has 0 bridgehead atoms. The number of ether oxygens (including phenoxy) is 1. The Morgan fingerprint density at radius 3 is 2.41 bits per heavy atom. The van der Waals surface area contributed by atoms with E-state index in [1.54, 1.807) is 0 Å². The lowest BCUT2D eigenvalue weighted by Gasteiger charge is -2.08. The molecule has 0 saturated carbocycles. The molecule has 0 radical (unpaired) electrons. The van der Waals surface area contributed by atoms with Crippen molar-refractivity contribution in [2.45, 2.75) is 13.5 Å². The second-order valence-corrected chi connectivity index (χ2v) is 4.91. The van der Waals surface area contributed by atoms with Gasteiger partial charge in [0.25, 0.3) is 5.91 Å². The molecular formula is C18H22N2O2. The minimum Gasteiger partial charge on any atom is -0.489 e. The molecule has 0 fully saturated rings. The number of nitrogens with one attached hydrogen (secondary N) is 2. The van der Waals surface area contributed by atoms with Crippen molar-refractivity contribution < 1.29 is 9.53 Å². The maximum atomic E-state index is 11.9. The summed E-state index contributed by atoms with van der Waals surface area (Å²) in [7, 11) is 0. The van der Waals surface area contributed by atoms with Gasteiger partial charge < -0.3 is 15.4 Å². The monoisotopic (exact) mass is 298 g/mol. The summed E-state index contributed by atoms with van der Waals surface area (Å²) in [5.41, 5.74) is 1.70. The lowest BCUT2D eigenvalue weighted by molar-refractivity contribution is 0.0954. The van der Waals surface area contributed by atoms with Gasteiger partial charge in [0, 0.05) is 18.7 Å². The van der Waals surface area contributed by atoms with Gasteiger partial charge in [-0.3, -0.25) is 4.79 Å². The highest BCUT2D eigenvalue weighted by atomic mass is 16.5. The topological polar surface area (TPSA) is 50.4 Å². The Hall–Kier alpha value is -2.33. The zero-order chi connectivity index (χ0) is 15.6. The van der Waals surface area contributed by atoms with Gasteiger partial charge in [-0.2, -0.15) is 0 Å². The van der Waals surface area contributed by atoms with E-state index in [2.05, 4.69) is 10.6 Å². The molecule has 2 N–H and O–H groups in total. The van der Waals surface area contributed by atoms with E-state index < -0.39 is 0 Å². The minimum atomic E-state index is -0.0477. The Balaban J connectivity index is 1.81. The van der Waals surface area contributed by atoms with E-state index in [-0.39, 0.29) is 5.91 Å². The predicted octanol–water partition coefficient (Wildman–Crippen LogP) is 2.60. The molecule has 4 heteroatoms. The van der Waals surface area contributed by atoms with Crippen LogP contribution in [0.1, 0.15) is 22.8 Å². The number of hydrogen-bond acceptors (Lipinski definition) is 3. The summed E-state index contributed by atoms with van der Waals surface area (Å²) in [5, 5.41) is 6.04. The number of benzene rings is 2. The molecule has 0 aromatic heterocycles. The zero-order valence-corrected chi connectivity index (χ0v) is 12.8. The van der Waals surface area contributed by atoms with E-state index in [1.165, 1.54) is 0 Å². The largest absolute Gasteiger partial charge is 0.489 e. The first-order valence-electron chi connectivity index (χ1n) is 7.55. The van der Waals surface area contributed by atoms with Crippen LogP contribution in [-0.4, -0.2) is 25.5 Å². The molecule has 0 aliphatic carbocycles. The van der Waals surface area contributed by atoms with Gasteiger partial charge in [-0.1, -0.05) is 37.3 Å². The fourth-order valence-corrected chi connectivity index (χ4v) is 1.98. The summed E-state index contributed by atoms with van der Waals surface area (Å²) >= 11 is 0. The molecule has 0 aliphatic heterocycles. The van der Waals surface area contributed by atoms with E-state index >= 15 is 0 Å². The van der Waals surface area contributed by atoms with Gasteiger partial charge in [-0.15, -0.1) is 0 Å². The first kappa shape index (κ1) is 16.0. The predicted molar refractivity (Wildman–Crippen MR) is 88.1 cm³/mol. The van der Waals surface area contributed by atoms with E-state index in [0.29, 0.717) is 18.7 Å². The van der Waals surface area contributed by atoms with Gasteiger partial charge in [0.1, 0.15) is 12.4 Å². The van der Waals surface area contributed by atoms with Crippen LogP contribution in [0.15, 0.2) is 54.6 Å². The normalized spacial score (nSPS) is 10.2. The van der Waals surface area contributed by atoms with Crippen molar-refractivity contribution in [1.82, 2.24) is 10.6 Å². The number of carbonyl (C=O) groups is 1. The van der Waals surface area contributed by atoms with Crippen LogP contribution in [0.25, 0.3) is 0 Å². The van der Waals surface area contributed by atoms with Gasteiger partial charge in [-0.25, -0.2) is 0 Å². The van der Waals surface area contributed by atoms with Crippen LogP contribution in [-0.2, 0) is 6.61 Å². The van der Waals surface area contributed by atoms with Crippen molar-refractivity contribution in [1.29, 1.82) is 0 Å². The van der Waals surface area contributed by atoms with E-state index in [4.69, 9.17) is 4.74 Å². The van der Waals surface area contributed by atoms with Crippen LogP contribution in [0.2, 0.25) is 0 Å². The van der Waals surface area contributed by atoms with Gasteiger partial charge >= 0.3 is 0 Å². The quantitative estimate of drug-likeness (QED) is 0.737. The average molecular weight is 298 g/mol. The fourth-order valence-electron chi connectivity index (χ4n) is 1.98. The average Bonchev–Trinajstić information content (AvgIpc) is 2.58. The third kappa shape index (κ3) is 5.22. The van der Waals surface area contributed by atoms with E-state index in [0.717, 1.165) is 24.4 Å². The molecular weight excluding hydrogens is 276 g/mol. The SMILES string of the molecule is CCNCCNC(=O)c1ccc(COc2ccccc2)cc1. The first-order chi connectivity index (χ1) is 10.8. The molecule has 0 unspecified atom stereocenters. The fraction of sp³-hybridized carbons (Fsp3) is 0.278. The highest BCUT2D eigenvalue weighted by Gasteiger charge is 2.04. The van der Waals surface area contributed by atoms with Crippen LogP contribution in [0.5, 0.6) is 5.75 Å². The maximum Gasteiger partial charge on any atom is 0.251 e. The summed E-state index contributed by atoms with van der Waals surface area (Å²) in [6.07, 6.45) is 0. The number of amides is 1. The number of rotatable bonds is 8. The summed E-state index contributed by atoms with van der Waals surface area (Å²) in [6.45, 7) is 4.85. The molecule has 116 valence electrons. The molecule has 0 saturated heterocycles. The van der Waals surface area contributed by atoms with Gasteiger partial charge in [0.15, 0.2) is 0 Å². The minimum absolute atomic E-state index is 0.0477. The van der Waals surface area contributed by atoms with Crippen LogP contribution < -0.4 is 15.4 Å². The molecule has 2 aromatic carbocycles. The maximum absolute atomic E-state index is 11.9. The number of carbonyl (C=O) groups excluding carboxylic acids is 1. The van der Waals surface area contributed by atoms with Crippen LogP contribution in [0, 0.1) is 0 Å². The first-order valence-corrected chi connectivity index (χ1v) is 7.55. The number of para-hydroxylation sites is 1. The molecule has 2 aromatic rings. The summed E-state index contributed by atoms with van der Waals surface area (Å²) in [4.78, 5) is 11.9. The number of hydrogen-bond donors (Lipinski definition) is 2. The van der Waals surface area contributed by atoms with Crippen molar-refractivity contribution in [2.24, 2.45) is 0 Å². The van der Waals surface area contributed by atoms with Crippen molar-refractivity contribution >= 4 is 5.91 Å². The summed E-state index contributed by atoms with van der Waals surface area (Å²) in [6, 6.07) is 17.2. The van der Waals surface area contributed by atoms with E-state index in [9.17, 15) is 4.79 Å². The molecule has 0 aliphatic rings. The zero-order valence-electron chi connectivity index (χ0n) is 12.8. The number of likely N-dealkylation sites (N-methyl/N-ethyl adjacent to an activating group) is 1. The standard InChI is InChI=1S/C18H22N2O2/c1-2-19-12-13-20-18(21)16-10-8-15(9-11-16)14-22-17-6-4-3-5-7-17/h3-11,19H,2,12-14H2,1H3,(H,20,21). The highest BCUT2D eigenvalue weighted by Crippen LogP contribution is 2.12. The van der Waals surface area contributed by atoms with Crippen molar-refractivity contribution in [3.05, 3.63) is 65.7 Å². The van der Waals surface area contributed by atoms with Crippen molar-refractivity contribution in [3.63, 3.8) is 0 Å². The Morgan fingerprint density at radius 1 is 1.00 bits per heavy atom. The second kappa shape index (κ2) is 8.85. The lowest BCUT2D eigenvalue weighted by atomic mass is 10.1. The Morgan fingerprint density at radius 2 is 1.73 bits per heavy atom. The highest BCUT2D eigenvalue weighted by molar-refractivity contribution is 5.94. The third-order valence-electron chi connectivity index (χ3n) is 3.20. The Labute approximate surface area is 131 Å². The van der Waals surface area contributed by atoms with Crippen LogP contribution in [0.3, 0.4) is 0 Å². The van der Waals surface area contributed by atoms with Crippen LogP contribution >= 0.6 is 0 Å². The molecule has 0 atom stereocenters. The van der Waals surface area contributed by atoms with Crippen LogP contribution in [0.4, 0.5) is 0 Å². The molecule has 0 heterocycles. The van der Waals surface area contributed by atoms with Gasteiger partial charge in [-0.05, 0) is 36.4 Å². The molecule has 4 nitrogen and oxygen atoms in total. The van der Waals surface area contributed by atoms with Crippen molar-refractivity contribution in [2.75, 3.05) is 19.6 Å². The van der Waals surface area contributed by atoms with Gasteiger partial charge in [0.2, 0.25) is 0 Å². The Bertz CT molecular complexity index is 567. The smallest absolute Gasteiger partial charge is 0.251 e. The van der Waals surface area contributed by atoms with E-state index in [1.807, 2.05) is 61.5 Å². The molecule has 22 heavy (non-hydrogen) atoms. The Kier molecular flexibility index (Phi) is 6.45. The second-order valence-electron chi connectivity index (χ2n) is 4.91. The summed E-state index contributed by atoms with van der Waals surface area (Å²) < 4.78 is 5.68. The summed E-state index contributed by atoms with van der Waals surface area (Å²) in [5.74, 6) is 0.793. The molecule has 0 spiro atoms. The lowest BCUT2D eigenvalue weighted by Crippen LogP contribution is -2.31. The third-order valence-corrected chi connectivity index (χ3v) is 3.20. The molecule has 2 rings (SSSR count). The molecule has 1 amide bonds. The van der Waals surface area contributed by atoms with Crippen molar-refractivity contribution in [3.8, 4) is 5.75 Å².